The van der Waals surface area contributed by atoms with Crippen LogP contribution in [-0.2, 0) is 19.7 Å². The van der Waals surface area contributed by atoms with Crippen molar-refractivity contribution in [2.24, 2.45) is 0 Å². The Morgan fingerprint density at radius 3 is 2.38 bits per heavy atom. The summed E-state index contributed by atoms with van der Waals surface area (Å²) in [6, 6.07) is 0. The van der Waals surface area contributed by atoms with Crippen LogP contribution in [0.25, 0.3) is 0 Å². The lowest BCUT2D eigenvalue weighted by Crippen LogP contribution is -2.11. The molecule has 0 bridgehead atoms. The Balaban J connectivity index is 2.51. The van der Waals surface area contributed by atoms with Crippen molar-refractivity contribution in [3.63, 3.8) is 0 Å². The minimum atomic E-state index is -1.86. The van der Waals surface area contributed by atoms with E-state index in [-0.39, 0.29) is 0 Å². The Labute approximate surface area is 48.6 Å². The van der Waals surface area contributed by atoms with Gasteiger partial charge in [-0.15, -0.1) is 0 Å². The largest absolute Gasteiger partial charge is 0.308 e. The molecular formula is C3H5FO3S. The first-order valence-electron chi connectivity index (χ1n) is 2.10. The van der Waals surface area contributed by atoms with Gasteiger partial charge in [-0.05, 0) is 6.92 Å². The van der Waals surface area contributed by atoms with Gasteiger partial charge in [0.25, 0.3) is 0 Å². The Morgan fingerprint density at radius 1 is 1.62 bits per heavy atom. The highest BCUT2D eigenvalue weighted by Crippen LogP contribution is 2.16. The Hall–Kier alpha value is -0.0000000000000000278. The van der Waals surface area contributed by atoms with Crippen LogP contribution in [0.2, 0.25) is 0 Å². The molecule has 5 heteroatoms. The van der Waals surface area contributed by atoms with Crippen LogP contribution in [0.5, 0.6) is 0 Å². The molecule has 0 N–H and O–H groups in total. The molecule has 1 saturated heterocycles. The van der Waals surface area contributed by atoms with E-state index in [4.69, 9.17) is 0 Å². The lowest BCUT2D eigenvalue weighted by Gasteiger charge is -1.95. The van der Waals surface area contributed by atoms with E-state index in [1.165, 1.54) is 6.92 Å². The number of rotatable bonds is 0. The molecule has 0 aromatic rings. The van der Waals surface area contributed by atoms with Gasteiger partial charge in [-0.1, -0.05) is 0 Å². The van der Waals surface area contributed by atoms with Crippen molar-refractivity contribution in [3.8, 4) is 0 Å². The Bertz CT molecular complexity index is 105. The summed E-state index contributed by atoms with van der Waals surface area (Å²) in [5, 5.41) is 0. The maximum absolute atomic E-state index is 12.0. The normalized spacial score (nSPS) is 47.5. The number of hydrogen-bond acceptors (Lipinski definition) is 3. The first-order chi connectivity index (χ1) is 3.70. The van der Waals surface area contributed by atoms with Gasteiger partial charge in [0.15, 0.2) is 0 Å². The van der Waals surface area contributed by atoms with Crippen LogP contribution in [-0.4, -0.2) is 16.7 Å². The number of hydrogen-bond donors (Lipinski definition) is 0. The van der Waals surface area contributed by atoms with Gasteiger partial charge in [-0.2, -0.15) is 4.21 Å². The van der Waals surface area contributed by atoms with Gasteiger partial charge in [-0.3, -0.25) is 4.18 Å². The van der Waals surface area contributed by atoms with Gasteiger partial charge < -0.3 is 0 Å². The monoisotopic (exact) mass is 140 g/mol. The second-order valence-electron chi connectivity index (χ2n) is 1.45. The molecule has 0 amide bonds. The first kappa shape index (κ1) is 6.12. The third-order valence-corrected chi connectivity index (χ3v) is 1.57. The molecule has 1 fully saturated rings. The number of alkyl halides is 1. The van der Waals surface area contributed by atoms with Crippen molar-refractivity contribution in [2.75, 3.05) is 0 Å². The molecule has 1 aliphatic heterocycles. The van der Waals surface area contributed by atoms with Crippen LogP contribution in [0.3, 0.4) is 0 Å². The van der Waals surface area contributed by atoms with Gasteiger partial charge >= 0.3 is 11.4 Å². The lowest BCUT2D eigenvalue weighted by atomic mass is 10.4. The zero-order valence-corrected chi connectivity index (χ0v) is 4.98. The number of halogens is 1. The molecule has 0 aromatic heterocycles. The quantitative estimate of drug-likeness (QED) is 0.485. The lowest BCUT2D eigenvalue weighted by molar-refractivity contribution is 0.0487. The predicted molar refractivity (Wildman–Crippen MR) is 24.7 cm³/mol. The molecule has 0 saturated carbocycles. The molecule has 0 aromatic carbocycles. The molecule has 0 radical (unpaired) electrons. The van der Waals surface area contributed by atoms with Crippen LogP contribution in [0.1, 0.15) is 6.92 Å². The van der Waals surface area contributed by atoms with E-state index in [1.807, 2.05) is 0 Å². The summed E-state index contributed by atoms with van der Waals surface area (Å²) in [4.78, 5) is 0. The van der Waals surface area contributed by atoms with E-state index in [0.717, 1.165) is 0 Å². The second kappa shape index (κ2) is 2.08. The van der Waals surface area contributed by atoms with E-state index in [2.05, 4.69) is 8.37 Å². The molecule has 1 aliphatic rings. The van der Waals surface area contributed by atoms with E-state index < -0.39 is 23.8 Å². The SMILES string of the molecule is CC1OS(=O)OC1F. The van der Waals surface area contributed by atoms with Crippen molar-refractivity contribution in [2.45, 2.75) is 19.4 Å². The van der Waals surface area contributed by atoms with Gasteiger partial charge in [0, 0.05) is 0 Å². The highest BCUT2D eigenvalue weighted by molar-refractivity contribution is 7.75. The highest BCUT2D eigenvalue weighted by atomic mass is 32.2. The summed E-state index contributed by atoms with van der Waals surface area (Å²) in [6.45, 7) is 1.45. The van der Waals surface area contributed by atoms with Crippen LogP contribution in [0, 0.1) is 0 Å². The van der Waals surface area contributed by atoms with Crippen molar-refractivity contribution >= 4 is 11.4 Å². The smallest absolute Gasteiger partial charge is 0.260 e. The second-order valence-corrected chi connectivity index (χ2v) is 2.25. The molecule has 3 atom stereocenters. The summed E-state index contributed by atoms with van der Waals surface area (Å²) < 4.78 is 30.5. The molecule has 0 spiro atoms. The standard InChI is InChI=1S/C3H5FO3S/c1-2-3(4)7-8(5)6-2/h2-3H,1H3. The van der Waals surface area contributed by atoms with Gasteiger partial charge in [0.2, 0.25) is 6.36 Å². The zero-order valence-electron chi connectivity index (χ0n) is 4.17. The van der Waals surface area contributed by atoms with Crippen LogP contribution >= 0.6 is 0 Å². The minimum absolute atomic E-state index is 0.698. The molecule has 0 aliphatic carbocycles. The fraction of sp³-hybridized carbons (Fsp3) is 1.00. The van der Waals surface area contributed by atoms with Crippen LogP contribution in [0.4, 0.5) is 4.39 Å². The fourth-order valence-electron chi connectivity index (χ4n) is 0.344. The van der Waals surface area contributed by atoms with Crippen molar-refractivity contribution < 1.29 is 17.0 Å². The average Bonchev–Trinajstić information content (AvgIpc) is 1.85. The summed E-state index contributed by atoms with van der Waals surface area (Å²) in [7, 11) is 0. The third kappa shape index (κ3) is 1.04. The zero-order chi connectivity index (χ0) is 6.15. The summed E-state index contributed by atoms with van der Waals surface area (Å²) in [5.74, 6) is 0. The van der Waals surface area contributed by atoms with Crippen molar-refractivity contribution in [1.82, 2.24) is 0 Å². The van der Waals surface area contributed by atoms with Crippen molar-refractivity contribution in [1.29, 1.82) is 0 Å². The van der Waals surface area contributed by atoms with Crippen LogP contribution < -0.4 is 0 Å². The molecule has 8 heavy (non-hydrogen) atoms. The van der Waals surface area contributed by atoms with Crippen molar-refractivity contribution in [3.05, 3.63) is 0 Å². The van der Waals surface area contributed by atoms with Gasteiger partial charge in [0.1, 0.15) is 6.10 Å². The molecular weight excluding hydrogens is 135 g/mol. The Kier molecular flexibility index (Phi) is 1.59. The fourth-order valence-corrected chi connectivity index (χ4v) is 1.03. The molecule has 1 rings (SSSR count). The predicted octanol–water partition coefficient (Wildman–Crippen LogP) is 0.296. The van der Waals surface area contributed by atoms with Crippen LogP contribution in [0.15, 0.2) is 0 Å². The molecule has 48 valence electrons. The topological polar surface area (TPSA) is 35.5 Å². The van der Waals surface area contributed by atoms with E-state index >= 15 is 0 Å². The Morgan fingerprint density at radius 2 is 2.25 bits per heavy atom. The maximum Gasteiger partial charge on any atom is 0.308 e. The molecule has 1 heterocycles. The maximum atomic E-state index is 12.0. The van der Waals surface area contributed by atoms with E-state index in [1.54, 1.807) is 0 Å². The van der Waals surface area contributed by atoms with E-state index in [9.17, 15) is 8.60 Å². The summed E-state index contributed by atoms with van der Waals surface area (Å²) >= 11 is -1.86. The third-order valence-electron chi connectivity index (χ3n) is 0.770. The average molecular weight is 140 g/mol. The highest BCUT2D eigenvalue weighted by Gasteiger charge is 2.30. The first-order valence-corrected chi connectivity index (χ1v) is 3.10. The molecule has 3 nitrogen and oxygen atoms in total. The summed E-state index contributed by atoms with van der Waals surface area (Å²) in [6.07, 6.45) is -2.23. The summed E-state index contributed by atoms with van der Waals surface area (Å²) in [5.41, 5.74) is 0. The van der Waals surface area contributed by atoms with Gasteiger partial charge in [-0.25, -0.2) is 8.57 Å². The minimum Gasteiger partial charge on any atom is -0.260 e. The van der Waals surface area contributed by atoms with Gasteiger partial charge in [0.05, 0.1) is 0 Å². The molecule has 3 unspecified atom stereocenters. The van der Waals surface area contributed by atoms with E-state index in [0.29, 0.717) is 0 Å².